The maximum Gasteiger partial charge on any atom is 0.159 e. The fourth-order valence-electron chi connectivity index (χ4n) is 1.79. The molecule has 3 aromatic rings. The maximum atomic E-state index is 4.53. The largest absolute Gasteiger partial charge is 0.337 e. The first-order chi connectivity index (χ1) is 7.75. The molecule has 80 valence electrons. The summed E-state index contributed by atoms with van der Waals surface area (Å²) in [5.41, 5.74) is 4.04. The van der Waals surface area contributed by atoms with Crippen molar-refractivity contribution < 1.29 is 0 Å². The molecule has 0 amide bonds. The van der Waals surface area contributed by atoms with Crippen LogP contribution in [-0.4, -0.2) is 19.5 Å². The summed E-state index contributed by atoms with van der Waals surface area (Å²) >= 11 is 0. The highest BCUT2D eigenvalue weighted by Crippen LogP contribution is 2.21. The second-order valence-electron chi connectivity index (χ2n) is 3.89. The molecule has 1 N–H and O–H groups in total. The van der Waals surface area contributed by atoms with Crippen molar-refractivity contribution in [1.29, 1.82) is 0 Å². The van der Waals surface area contributed by atoms with E-state index in [1.165, 1.54) is 0 Å². The Kier molecular flexibility index (Phi) is 1.83. The van der Waals surface area contributed by atoms with Gasteiger partial charge >= 0.3 is 0 Å². The summed E-state index contributed by atoms with van der Waals surface area (Å²) in [6.45, 7) is 2.04. The fourth-order valence-corrected chi connectivity index (χ4v) is 1.79. The van der Waals surface area contributed by atoms with Crippen LogP contribution in [0.15, 0.2) is 30.6 Å². The third-order valence-electron chi connectivity index (χ3n) is 2.85. The van der Waals surface area contributed by atoms with Gasteiger partial charge in [0.15, 0.2) is 5.82 Å². The van der Waals surface area contributed by atoms with E-state index in [9.17, 15) is 0 Å². The van der Waals surface area contributed by atoms with Crippen LogP contribution in [0.3, 0.4) is 0 Å². The molecular formula is C12H12N4. The van der Waals surface area contributed by atoms with Gasteiger partial charge in [0.05, 0.1) is 17.4 Å². The summed E-state index contributed by atoms with van der Waals surface area (Å²) in [6.07, 6.45) is 1.80. The van der Waals surface area contributed by atoms with Crippen molar-refractivity contribution >= 4 is 11.0 Å². The average Bonchev–Trinajstić information content (AvgIpc) is 2.84. The zero-order chi connectivity index (χ0) is 11.1. The molecule has 0 atom stereocenters. The lowest BCUT2D eigenvalue weighted by Gasteiger charge is -1.95. The number of H-pyrrole nitrogens is 1. The first-order valence-electron chi connectivity index (χ1n) is 5.19. The van der Waals surface area contributed by atoms with Crippen molar-refractivity contribution in [3.8, 4) is 11.5 Å². The zero-order valence-electron chi connectivity index (χ0n) is 9.23. The first kappa shape index (κ1) is 9.15. The number of imidazole rings is 2. The number of hydrogen-bond acceptors (Lipinski definition) is 2. The molecule has 0 aliphatic carbocycles. The van der Waals surface area contributed by atoms with E-state index in [0.717, 1.165) is 28.2 Å². The van der Waals surface area contributed by atoms with Crippen LogP contribution in [0.5, 0.6) is 0 Å². The highest BCUT2D eigenvalue weighted by atomic mass is 15.1. The third kappa shape index (κ3) is 1.23. The molecule has 1 aromatic carbocycles. The van der Waals surface area contributed by atoms with Gasteiger partial charge in [0.25, 0.3) is 0 Å². The van der Waals surface area contributed by atoms with Crippen LogP contribution in [0.4, 0.5) is 0 Å². The van der Waals surface area contributed by atoms with Crippen molar-refractivity contribution in [2.45, 2.75) is 6.92 Å². The summed E-state index contributed by atoms with van der Waals surface area (Å²) in [7, 11) is 1.98. The predicted molar refractivity (Wildman–Crippen MR) is 63.0 cm³/mol. The smallest absolute Gasteiger partial charge is 0.159 e. The van der Waals surface area contributed by atoms with Gasteiger partial charge in [-0.25, -0.2) is 9.97 Å². The Labute approximate surface area is 93.0 Å². The van der Waals surface area contributed by atoms with E-state index in [0.29, 0.717) is 0 Å². The maximum absolute atomic E-state index is 4.53. The van der Waals surface area contributed by atoms with Gasteiger partial charge in [0.2, 0.25) is 0 Å². The minimum absolute atomic E-state index is 0.833. The molecule has 0 bridgehead atoms. The van der Waals surface area contributed by atoms with E-state index < -0.39 is 0 Å². The lowest BCUT2D eigenvalue weighted by atomic mass is 10.3. The monoisotopic (exact) mass is 212 g/mol. The number of rotatable bonds is 1. The van der Waals surface area contributed by atoms with E-state index in [4.69, 9.17) is 0 Å². The number of fused-ring (bicyclic) bond motifs is 1. The second-order valence-corrected chi connectivity index (χ2v) is 3.89. The molecule has 3 rings (SSSR count). The summed E-state index contributed by atoms with van der Waals surface area (Å²) in [4.78, 5) is 12.2. The molecule has 0 unspecified atom stereocenters. The molecule has 4 nitrogen and oxygen atoms in total. The van der Waals surface area contributed by atoms with E-state index >= 15 is 0 Å². The minimum atomic E-state index is 0.833. The Morgan fingerprint density at radius 3 is 2.75 bits per heavy atom. The lowest BCUT2D eigenvalue weighted by molar-refractivity contribution is 0.874. The van der Waals surface area contributed by atoms with Crippen LogP contribution in [0.25, 0.3) is 22.6 Å². The van der Waals surface area contributed by atoms with Gasteiger partial charge in [0, 0.05) is 12.7 Å². The van der Waals surface area contributed by atoms with Crippen LogP contribution >= 0.6 is 0 Å². The van der Waals surface area contributed by atoms with Crippen LogP contribution in [-0.2, 0) is 7.05 Å². The van der Waals surface area contributed by atoms with Crippen LogP contribution in [0, 0.1) is 6.92 Å². The molecule has 0 spiro atoms. The lowest BCUT2D eigenvalue weighted by Crippen LogP contribution is -1.89. The third-order valence-corrected chi connectivity index (χ3v) is 2.85. The Balaban J connectivity index is 2.23. The predicted octanol–water partition coefficient (Wildman–Crippen LogP) is 2.27. The van der Waals surface area contributed by atoms with E-state index in [-0.39, 0.29) is 0 Å². The van der Waals surface area contributed by atoms with Crippen LogP contribution in [0.1, 0.15) is 5.69 Å². The van der Waals surface area contributed by atoms with Gasteiger partial charge in [-0.15, -0.1) is 0 Å². The molecule has 0 aliphatic heterocycles. The van der Waals surface area contributed by atoms with Crippen molar-refractivity contribution in [1.82, 2.24) is 19.5 Å². The first-order valence-corrected chi connectivity index (χ1v) is 5.19. The Bertz CT molecular complexity index is 615. The molecule has 4 heteroatoms. The van der Waals surface area contributed by atoms with Crippen molar-refractivity contribution in [2.75, 3.05) is 0 Å². The number of aryl methyl sites for hydroxylation is 1. The average molecular weight is 212 g/mol. The topological polar surface area (TPSA) is 46.5 Å². The number of para-hydroxylation sites is 2. The van der Waals surface area contributed by atoms with E-state index in [1.54, 1.807) is 6.33 Å². The zero-order valence-corrected chi connectivity index (χ0v) is 9.23. The molecule has 0 fully saturated rings. The van der Waals surface area contributed by atoms with Crippen LogP contribution < -0.4 is 0 Å². The molecule has 2 aromatic heterocycles. The SMILES string of the molecule is Cc1c(-c2nc3ccccc3[nH]2)ncn1C. The number of hydrogen-bond donors (Lipinski definition) is 1. The molecule has 2 heterocycles. The number of nitrogens with zero attached hydrogens (tertiary/aromatic N) is 3. The Morgan fingerprint density at radius 2 is 2.06 bits per heavy atom. The standard InChI is InChI=1S/C12H12N4/c1-8-11(13-7-16(8)2)12-14-9-5-3-4-6-10(9)15-12/h3-7H,1-2H3,(H,14,15). The van der Waals surface area contributed by atoms with E-state index in [2.05, 4.69) is 15.0 Å². The highest BCUT2D eigenvalue weighted by molar-refractivity contribution is 5.78. The molecular weight excluding hydrogens is 200 g/mol. The van der Waals surface area contributed by atoms with Gasteiger partial charge < -0.3 is 9.55 Å². The number of aromatic amines is 1. The molecule has 0 saturated carbocycles. The molecule has 16 heavy (non-hydrogen) atoms. The number of nitrogens with one attached hydrogen (secondary N) is 1. The van der Waals surface area contributed by atoms with Crippen LogP contribution in [0.2, 0.25) is 0 Å². The highest BCUT2D eigenvalue weighted by Gasteiger charge is 2.10. The Hall–Kier alpha value is -2.10. The Morgan fingerprint density at radius 1 is 1.25 bits per heavy atom. The summed E-state index contributed by atoms with van der Waals surface area (Å²) in [5.74, 6) is 0.833. The number of benzene rings is 1. The molecule has 0 saturated heterocycles. The summed E-state index contributed by atoms with van der Waals surface area (Å²) < 4.78 is 1.99. The van der Waals surface area contributed by atoms with Crippen molar-refractivity contribution in [3.63, 3.8) is 0 Å². The molecule has 0 aliphatic rings. The van der Waals surface area contributed by atoms with Crippen molar-refractivity contribution in [2.24, 2.45) is 7.05 Å². The van der Waals surface area contributed by atoms with Crippen molar-refractivity contribution in [3.05, 3.63) is 36.3 Å². The number of aromatic nitrogens is 4. The fraction of sp³-hybridized carbons (Fsp3) is 0.167. The minimum Gasteiger partial charge on any atom is -0.337 e. The van der Waals surface area contributed by atoms with Gasteiger partial charge in [-0.3, -0.25) is 0 Å². The van der Waals surface area contributed by atoms with Gasteiger partial charge in [-0.05, 0) is 19.1 Å². The van der Waals surface area contributed by atoms with Gasteiger partial charge in [0.1, 0.15) is 5.69 Å². The summed E-state index contributed by atoms with van der Waals surface area (Å²) in [6, 6.07) is 7.99. The van der Waals surface area contributed by atoms with E-state index in [1.807, 2.05) is 42.8 Å². The second kappa shape index (κ2) is 3.20. The normalized spacial score (nSPS) is 11.1. The summed E-state index contributed by atoms with van der Waals surface area (Å²) in [5, 5.41) is 0. The van der Waals surface area contributed by atoms with Gasteiger partial charge in [-0.1, -0.05) is 12.1 Å². The van der Waals surface area contributed by atoms with Gasteiger partial charge in [-0.2, -0.15) is 0 Å². The quantitative estimate of drug-likeness (QED) is 0.672. The molecule has 0 radical (unpaired) electrons.